The number of ether oxygens (including phenoxy) is 1. The molecule has 2 unspecified atom stereocenters. The zero-order valence-electron chi connectivity index (χ0n) is 12.4. The Morgan fingerprint density at radius 2 is 1.82 bits per heavy atom. The molecule has 1 aromatic heterocycles. The van der Waals surface area contributed by atoms with E-state index in [1.165, 1.54) is 11.5 Å². The molecular weight excluding hydrogens is 294 g/mol. The molecule has 0 fully saturated rings. The van der Waals surface area contributed by atoms with E-state index >= 15 is 0 Å². The molecule has 0 aliphatic heterocycles. The van der Waals surface area contributed by atoms with Crippen LogP contribution < -0.4 is 11.5 Å². The van der Waals surface area contributed by atoms with E-state index < -0.39 is 5.54 Å². The molecule has 0 saturated carbocycles. The summed E-state index contributed by atoms with van der Waals surface area (Å²) in [7, 11) is 1.64. The first kappa shape index (κ1) is 15.1. The van der Waals surface area contributed by atoms with E-state index in [0.717, 1.165) is 21.3 Å². The molecule has 3 rings (SSSR count). The smallest absolute Gasteiger partial charge is 0.113 e. The minimum atomic E-state index is -0.885. The maximum absolute atomic E-state index is 6.86. The van der Waals surface area contributed by atoms with Crippen molar-refractivity contribution < 1.29 is 4.74 Å². The standard InChI is InChI=1S/C17H19N3OS/c1-21-15(11-18)17(19,12-7-3-2-4-8-12)16-13-9-5-6-10-14(13)22-20-16/h2-10,15H,11,18-19H2,1H3. The Labute approximate surface area is 133 Å². The summed E-state index contributed by atoms with van der Waals surface area (Å²) in [6, 6.07) is 18.0. The van der Waals surface area contributed by atoms with Gasteiger partial charge in [-0.3, -0.25) is 0 Å². The molecule has 114 valence electrons. The van der Waals surface area contributed by atoms with Crippen LogP contribution in [0.25, 0.3) is 10.1 Å². The number of rotatable bonds is 5. The lowest BCUT2D eigenvalue weighted by Crippen LogP contribution is -2.53. The molecule has 0 spiro atoms. The first-order valence-electron chi connectivity index (χ1n) is 7.14. The molecule has 0 bridgehead atoms. The van der Waals surface area contributed by atoms with Crippen LogP contribution in [0.3, 0.4) is 0 Å². The number of nitrogens with two attached hydrogens (primary N) is 2. The highest BCUT2D eigenvalue weighted by molar-refractivity contribution is 7.13. The summed E-state index contributed by atoms with van der Waals surface area (Å²) in [4.78, 5) is 0. The predicted molar refractivity (Wildman–Crippen MR) is 90.9 cm³/mol. The van der Waals surface area contributed by atoms with Gasteiger partial charge in [-0.2, -0.15) is 4.37 Å². The van der Waals surface area contributed by atoms with Gasteiger partial charge in [0, 0.05) is 19.0 Å². The molecule has 22 heavy (non-hydrogen) atoms. The fraction of sp³-hybridized carbons (Fsp3) is 0.235. The van der Waals surface area contributed by atoms with Gasteiger partial charge >= 0.3 is 0 Å². The van der Waals surface area contributed by atoms with Crippen molar-refractivity contribution in [2.24, 2.45) is 11.5 Å². The lowest BCUT2D eigenvalue weighted by Gasteiger charge is -2.35. The second-order valence-electron chi connectivity index (χ2n) is 5.22. The van der Waals surface area contributed by atoms with E-state index in [4.69, 9.17) is 16.2 Å². The molecular formula is C17H19N3OS. The van der Waals surface area contributed by atoms with Crippen LogP contribution in [-0.4, -0.2) is 24.1 Å². The molecule has 1 heterocycles. The number of methoxy groups -OCH3 is 1. The van der Waals surface area contributed by atoms with E-state index in [1.54, 1.807) is 7.11 Å². The Morgan fingerprint density at radius 1 is 1.14 bits per heavy atom. The van der Waals surface area contributed by atoms with Gasteiger partial charge in [0.2, 0.25) is 0 Å². The molecule has 4 nitrogen and oxygen atoms in total. The summed E-state index contributed by atoms with van der Waals surface area (Å²) < 4.78 is 11.4. The van der Waals surface area contributed by atoms with Gasteiger partial charge in [0.15, 0.2) is 0 Å². The topological polar surface area (TPSA) is 74.2 Å². The molecule has 3 aromatic rings. The zero-order chi connectivity index (χ0) is 15.6. The Bertz CT molecular complexity index is 755. The number of hydrogen-bond donors (Lipinski definition) is 2. The van der Waals surface area contributed by atoms with Gasteiger partial charge in [-0.1, -0.05) is 48.5 Å². The molecule has 4 N–H and O–H groups in total. The molecule has 0 aliphatic carbocycles. The van der Waals surface area contributed by atoms with Crippen molar-refractivity contribution in [3.8, 4) is 0 Å². The van der Waals surface area contributed by atoms with E-state index in [-0.39, 0.29) is 6.10 Å². The van der Waals surface area contributed by atoms with Crippen LogP contribution in [0.15, 0.2) is 54.6 Å². The number of aromatic nitrogens is 1. The summed E-state index contributed by atoms with van der Waals surface area (Å²) in [5, 5.41) is 1.05. The Morgan fingerprint density at radius 3 is 2.50 bits per heavy atom. The van der Waals surface area contributed by atoms with Crippen LogP contribution in [-0.2, 0) is 10.3 Å². The summed E-state index contributed by atoms with van der Waals surface area (Å²) in [5.41, 5.74) is 13.7. The first-order valence-corrected chi connectivity index (χ1v) is 7.91. The predicted octanol–water partition coefficient (Wildman–Crippen LogP) is 2.47. The van der Waals surface area contributed by atoms with E-state index in [0.29, 0.717) is 6.54 Å². The number of fused-ring (bicyclic) bond motifs is 1. The van der Waals surface area contributed by atoms with Crippen molar-refractivity contribution >= 4 is 21.6 Å². The van der Waals surface area contributed by atoms with Crippen molar-refractivity contribution in [1.82, 2.24) is 4.37 Å². The first-order chi connectivity index (χ1) is 10.7. The third-order valence-corrected chi connectivity index (χ3v) is 4.85. The van der Waals surface area contributed by atoms with E-state index in [2.05, 4.69) is 4.37 Å². The molecule has 5 heteroatoms. The largest absolute Gasteiger partial charge is 0.377 e. The molecule has 2 aromatic carbocycles. The number of nitrogens with zero attached hydrogens (tertiary/aromatic N) is 1. The van der Waals surface area contributed by atoms with Gasteiger partial charge in [0.1, 0.15) is 5.54 Å². The van der Waals surface area contributed by atoms with Crippen molar-refractivity contribution in [2.45, 2.75) is 11.6 Å². The summed E-state index contributed by atoms with van der Waals surface area (Å²) >= 11 is 1.45. The van der Waals surface area contributed by atoms with Gasteiger partial charge in [0.05, 0.1) is 16.5 Å². The minimum Gasteiger partial charge on any atom is -0.377 e. The number of benzene rings is 2. The third-order valence-electron chi connectivity index (χ3n) is 4.03. The number of hydrogen-bond acceptors (Lipinski definition) is 5. The van der Waals surface area contributed by atoms with E-state index in [9.17, 15) is 0 Å². The van der Waals surface area contributed by atoms with Crippen LogP contribution in [0.5, 0.6) is 0 Å². The zero-order valence-corrected chi connectivity index (χ0v) is 13.2. The normalized spacial score (nSPS) is 15.6. The van der Waals surface area contributed by atoms with Gasteiger partial charge in [-0.15, -0.1) is 0 Å². The minimum absolute atomic E-state index is 0.313. The van der Waals surface area contributed by atoms with Gasteiger partial charge in [-0.25, -0.2) is 0 Å². The quantitative estimate of drug-likeness (QED) is 0.759. The average molecular weight is 313 g/mol. The average Bonchev–Trinajstić information content (AvgIpc) is 3.01. The molecule has 2 atom stereocenters. The summed E-state index contributed by atoms with van der Waals surface area (Å²) in [6.07, 6.45) is -0.361. The van der Waals surface area contributed by atoms with E-state index in [1.807, 2.05) is 54.6 Å². The molecule has 0 saturated heterocycles. The summed E-state index contributed by atoms with van der Waals surface area (Å²) in [5.74, 6) is 0. The van der Waals surface area contributed by atoms with Crippen LogP contribution in [0, 0.1) is 0 Å². The maximum atomic E-state index is 6.86. The Kier molecular flexibility index (Phi) is 4.22. The highest BCUT2D eigenvalue weighted by Crippen LogP contribution is 2.36. The molecule has 0 aliphatic rings. The van der Waals surface area contributed by atoms with Crippen molar-refractivity contribution in [3.63, 3.8) is 0 Å². The van der Waals surface area contributed by atoms with Crippen molar-refractivity contribution in [2.75, 3.05) is 13.7 Å². The third kappa shape index (κ3) is 2.32. The second kappa shape index (κ2) is 6.14. The lowest BCUT2D eigenvalue weighted by molar-refractivity contribution is 0.0557. The molecule has 0 amide bonds. The van der Waals surface area contributed by atoms with Gasteiger partial charge in [0.25, 0.3) is 0 Å². The van der Waals surface area contributed by atoms with Gasteiger partial charge < -0.3 is 16.2 Å². The second-order valence-corrected chi connectivity index (χ2v) is 6.03. The van der Waals surface area contributed by atoms with Crippen molar-refractivity contribution in [3.05, 3.63) is 65.9 Å². The lowest BCUT2D eigenvalue weighted by atomic mass is 9.81. The van der Waals surface area contributed by atoms with Crippen LogP contribution in [0.4, 0.5) is 0 Å². The highest BCUT2D eigenvalue weighted by atomic mass is 32.1. The Balaban J connectivity index is 2.26. The van der Waals surface area contributed by atoms with Crippen molar-refractivity contribution in [1.29, 1.82) is 0 Å². The summed E-state index contributed by atoms with van der Waals surface area (Å²) in [6.45, 7) is 0.313. The molecule has 0 radical (unpaired) electrons. The van der Waals surface area contributed by atoms with Gasteiger partial charge in [-0.05, 0) is 23.2 Å². The van der Waals surface area contributed by atoms with Crippen LogP contribution in [0.1, 0.15) is 11.3 Å². The maximum Gasteiger partial charge on any atom is 0.113 e. The Hall–Kier alpha value is -1.79. The van der Waals surface area contributed by atoms with Crippen LogP contribution in [0.2, 0.25) is 0 Å². The monoisotopic (exact) mass is 313 g/mol. The van der Waals surface area contributed by atoms with Crippen LogP contribution >= 0.6 is 11.5 Å². The fourth-order valence-electron chi connectivity index (χ4n) is 2.84. The fourth-order valence-corrected chi connectivity index (χ4v) is 3.68. The highest BCUT2D eigenvalue weighted by Gasteiger charge is 2.41. The SMILES string of the molecule is COC(CN)C(N)(c1ccccc1)c1nsc2ccccc12.